The molecule has 0 saturated heterocycles. The maximum Gasteiger partial charge on any atom is 0.185 e. The van der Waals surface area contributed by atoms with E-state index in [1.807, 2.05) is 48.6 Å². The Labute approximate surface area is 217 Å². The number of anilines is 1. The predicted molar refractivity (Wildman–Crippen MR) is 146 cm³/mol. The Balaban J connectivity index is 0.00000193. The molecule has 11 heteroatoms. The van der Waals surface area contributed by atoms with Gasteiger partial charge in [-0.3, -0.25) is 10.4 Å². The number of fused-ring (bicyclic) bond motifs is 1. The highest BCUT2D eigenvalue weighted by Gasteiger charge is 2.26. The standard InChI is InChI=1S/C23H27N7O.3ClH/c1-31-16-10-11-18-17(14-16)22(28-19-7-2-3-8-20(19)29-23(24)25)30-21(27-18)12-9-15-6-4-5-13-26-15;;;/h4-6,9-14,19-20H,2-3,7-8H2,1H3,(H4,24,25,29)(H,27,28,30);3*1H/b12-9+;;;/t19-,20+;;;/m0.../s1. The number of nitrogens with zero attached hydrogens (tertiary/aromatic N) is 3. The van der Waals surface area contributed by atoms with Gasteiger partial charge in [-0.15, -0.1) is 37.2 Å². The van der Waals surface area contributed by atoms with Gasteiger partial charge in [-0.1, -0.05) is 18.9 Å². The third-order valence-corrected chi connectivity index (χ3v) is 5.44. The fraction of sp³-hybridized carbons (Fsp3) is 0.304. The van der Waals surface area contributed by atoms with Crippen LogP contribution in [0, 0.1) is 5.41 Å². The van der Waals surface area contributed by atoms with Crippen LogP contribution in [0.5, 0.6) is 5.75 Å². The zero-order valence-electron chi connectivity index (χ0n) is 18.7. The van der Waals surface area contributed by atoms with Crippen LogP contribution in [-0.2, 0) is 0 Å². The van der Waals surface area contributed by atoms with Crippen molar-refractivity contribution in [1.82, 2.24) is 20.3 Å². The molecule has 4 rings (SSSR count). The molecule has 34 heavy (non-hydrogen) atoms. The first-order valence-corrected chi connectivity index (χ1v) is 10.4. The summed E-state index contributed by atoms with van der Waals surface area (Å²) in [5, 5.41) is 15.2. The number of hydrogen-bond donors (Lipinski definition) is 4. The minimum atomic E-state index is -0.00750. The van der Waals surface area contributed by atoms with Gasteiger partial charge in [0.1, 0.15) is 11.6 Å². The lowest BCUT2D eigenvalue weighted by Crippen LogP contribution is -2.50. The molecule has 2 aromatic heterocycles. The lowest BCUT2D eigenvalue weighted by Gasteiger charge is -2.33. The summed E-state index contributed by atoms with van der Waals surface area (Å²) in [6.45, 7) is 0. The molecule has 0 unspecified atom stereocenters. The molecule has 1 aliphatic rings. The van der Waals surface area contributed by atoms with Crippen molar-refractivity contribution in [3.8, 4) is 5.75 Å². The maximum absolute atomic E-state index is 7.64. The van der Waals surface area contributed by atoms with E-state index in [9.17, 15) is 0 Å². The Kier molecular flexibility index (Phi) is 11.9. The van der Waals surface area contributed by atoms with Crippen molar-refractivity contribution in [3.63, 3.8) is 0 Å². The largest absolute Gasteiger partial charge is 0.497 e. The van der Waals surface area contributed by atoms with Gasteiger partial charge >= 0.3 is 0 Å². The third-order valence-electron chi connectivity index (χ3n) is 5.44. The number of rotatable bonds is 6. The molecule has 1 aromatic carbocycles. The molecule has 1 fully saturated rings. The number of benzene rings is 1. The Hall–Kier alpha value is -2.81. The summed E-state index contributed by atoms with van der Waals surface area (Å²) in [5.41, 5.74) is 7.28. The lowest BCUT2D eigenvalue weighted by molar-refractivity contribution is 0.377. The van der Waals surface area contributed by atoms with Crippen LogP contribution in [-0.4, -0.2) is 40.1 Å². The molecule has 0 radical (unpaired) electrons. The molecule has 8 nitrogen and oxygen atoms in total. The van der Waals surface area contributed by atoms with Gasteiger partial charge in [0.2, 0.25) is 0 Å². The van der Waals surface area contributed by atoms with Crippen molar-refractivity contribution in [2.24, 2.45) is 5.73 Å². The highest BCUT2D eigenvalue weighted by atomic mass is 35.5. The number of ether oxygens (including phenoxy) is 1. The van der Waals surface area contributed by atoms with Gasteiger partial charge < -0.3 is 21.1 Å². The van der Waals surface area contributed by atoms with Crippen LogP contribution in [0.15, 0.2) is 42.6 Å². The number of aromatic nitrogens is 3. The maximum atomic E-state index is 7.64. The van der Waals surface area contributed by atoms with Crippen LogP contribution >= 0.6 is 37.2 Å². The van der Waals surface area contributed by atoms with E-state index >= 15 is 0 Å². The van der Waals surface area contributed by atoms with E-state index in [0.717, 1.165) is 53.8 Å². The van der Waals surface area contributed by atoms with Gasteiger partial charge in [0.15, 0.2) is 11.8 Å². The van der Waals surface area contributed by atoms with Gasteiger partial charge in [0, 0.05) is 23.7 Å². The number of hydrogen-bond acceptors (Lipinski definition) is 6. The zero-order valence-corrected chi connectivity index (χ0v) is 21.2. The Bertz CT molecular complexity index is 1100. The van der Waals surface area contributed by atoms with E-state index in [-0.39, 0.29) is 55.3 Å². The van der Waals surface area contributed by atoms with E-state index in [1.165, 1.54) is 0 Å². The molecule has 0 aliphatic heterocycles. The summed E-state index contributed by atoms with van der Waals surface area (Å²) in [5.74, 6) is 2.08. The van der Waals surface area contributed by atoms with Crippen molar-refractivity contribution in [2.45, 2.75) is 37.8 Å². The molecule has 5 N–H and O–H groups in total. The van der Waals surface area contributed by atoms with Crippen molar-refractivity contribution in [2.75, 3.05) is 12.4 Å². The first-order valence-electron chi connectivity index (χ1n) is 10.4. The number of pyridine rings is 1. The summed E-state index contributed by atoms with van der Waals surface area (Å²) in [4.78, 5) is 13.8. The normalized spacial score (nSPS) is 17.1. The molecule has 2 atom stereocenters. The van der Waals surface area contributed by atoms with Gasteiger partial charge in [-0.25, -0.2) is 9.97 Å². The fourth-order valence-corrected chi connectivity index (χ4v) is 3.92. The van der Waals surface area contributed by atoms with Crippen molar-refractivity contribution >= 4 is 72.1 Å². The summed E-state index contributed by atoms with van der Waals surface area (Å²) >= 11 is 0. The second-order valence-electron chi connectivity index (χ2n) is 7.60. The number of methoxy groups -OCH3 is 1. The predicted octanol–water partition coefficient (Wildman–Crippen LogP) is 4.68. The summed E-state index contributed by atoms with van der Waals surface area (Å²) in [6.07, 6.45) is 9.67. The first kappa shape index (κ1) is 29.2. The van der Waals surface area contributed by atoms with Gasteiger partial charge in [0.25, 0.3) is 0 Å². The van der Waals surface area contributed by atoms with Crippen LogP contribution in [0.3, 0.4) is 0 Å². The molecule has 2 heterocycles. The SMILES string of the molecule is COc1ccc2nc(/C=C/c3ccccn3)nc(N[C@H]3CCCC[C@H]3NC(=N)N)c2c1.Cl.Cl.Cl. The number of halogens is 3. The number of nitrogens with one attached hydrogen (secondary N) is 3. The third kappa shape index (κ3) is 7.35. The highest BCUT2D eigenvalue weighted by molar-refractivity contribution is 5.91. The van der Waals surface area contributed by atoms with E-state index < -0.39 is 0 Å². The molecule has 1 aliphatic carbocycles. The monoisotopic (exact) mass is 525 g/mol. The number of guanidine groups is 1. The molecular formula is C23H30Cl3N7O. The molecular weight excluding hydrogens is 497 g/mol. The summed E-state index contributed by atoms with van der Waals surface area (Å²) < 4.78 is 5.41. The molecule has 3 aromatic rings. The average Bonchev–Trinajstić information content (AvgIpc) is 2.79. The smallest absolute Gasteiger partial charge is 0.185 e. The van der Waals surface area contributed by atoms with Gasteiger partial charge in [-0.05, 0) is 55.3 Å². The van der Waals surface area contributed by atoms with Crippen molar-refractivity contribution < 1.29 is 4.74 Å². The van der Waals surface area contributed by atoms with E-state index in [2.05, 4.69) is 15.6 Å². The van der Waals surface area contributed by atoms with Crippen molar-refractivity contribution in [1.29, 1.82) is 5.41 Å². The van der Waals surface area contributed by atoms with Crippen molar-refractivity contribution in [3.05, 3.63) is 54.1 Å². The van der Waals surface area contributed by atoms with Gasteiger partial charge in [0.05, 0.1) is 18.3 Å². The second kappa shape index (κ2) is 13.8. The Morgan fingerprint density at radius 3 is 2.50 bits per heavy atom. The quantitative estimate of drug-likeness (QED) is 0.272. The average molecular weight is 527 g/mol. The van der Waals surface area contributed by atoms with Crippen LogP contribution in [0.2, 0.25) is 0 Å². The van der Waals surface area contributed by atoms with Crippen LogP contribution < -0.4 is 21.1 Å². The molecule has 0 amide bonds. The lowest BCUT2D eigenvalue weighted by atomic mass is 9.90. The Morgan fingerprint density at radius 2 is 1.82 bits per heavy atom. The minimum absolute atomic E-state index is 0. The molecule has 0 spiro atoms. The highest BCUT2D eigenvalue weighted by Crippen LogP contribution is 2.29. The van der Waals surface area contributed by atoms with Crippen LogP contribution in [0.4, 0.5) is 5.82 Å². The number of nitrogens with two attached hydrogens (primary N) is 1. The zero-order chi connectivity index (χ0) is 21.6. The van der Waals surface area contributed by atoms with Gasteiger partial charge in [-0.2, -0.15) is 0 Å². The summed E-state index contributed by atoms with van der Waals surface area (Å²) in [6, 6.07) is 11.7. The van der Waals surface area contributed by atoms with E-state index in [4.69, 9.17) is 25.8 Å². The van der Waals surface area contributed by atoms with E-state index in [1.54, 1.807) is 13.3 Å². The Morgan fingerprint density at radius 1 is 1.06 bits per heavy atom. The van der Waals surface area contributed by atoms with E-state index in [0.29, 0.717) is 5.82 Å². The molecule has 184 valence electrons. The molecule has 1 saturated carbocycles. The van der Waals surface area contributed by atoms with Crippen LogP contribution in [0.25, 0.3) is 23.1 Å². The fourth-order valence-electron chi connectivity index (χ4n) is 3.92. The first-order chi connectivity index (χ1) is 15.1. The summed E-state index contributed by atoms with van der Waals surface area (Å²) in [7, 11) is 1.65. The topological polar surface area (TPSA) is 122 Å². The molecule has 0 bridgehead atoms. The second-order valence-corrected chi connectivity index (χ2v) is 7.60. The minimum Gasteiger partial charge on any atom is -0.497 e. The van der Waals surface area contributed by atoms with Crippen LogP contribution in [0.1, 0.15) is 37.2 Å².